The van der Waals surface area contributed by atoms with Crippen LogP contribution < -0.4 is 16.0 Å². The van der Waals surface area contributed by atoms with Gasteiger partial charge < -0.3 is 24.8 Å². The first-order chi connectivity index (χ1) is 15.3. The zero-order chi connectivity index (χ0) is 22.7. The lowest BCUT2D eigenvalue weighted by Gasteiger charge is -2.26. The number of hydrogen-bond acceptors (Lipinski definition) is 5. The average molecular weight is 474 g/mol. The van der Waals surface area contributed by atoms with Crippen LogP contribution in [0.5, 0.6) is 0 Å². The van der Waals surface area contributed by atoms with Gasteiger partial charge in [-0.15, -0.1) is 0 Å². The number of hydrogen-bond donors (Lipinski definition) is 3. The molecule has 0 spiro atoms. The number of rotatable bonds is 4. The fourth-order valence-corrected chi connectivity index (χ4v) is 4.71. The van der Waals surface area contributed by atoms with Gasteiger partial charge in [0.25, 0.3) is 0 Å². The molecule has 0 bridgehead atoms. The van der Waals surface area contributed by atoms with Gasteiger partial charge in [-0.05, 0) is 43.3 Å². The van der Waals surface area contributed by atoms with E-state index in [1.54, 1.807) is 0 Å². The average Bonchev–Trinajstić information content (AvgIpc) is 3.32. The van der Waals surface area contributed by atoms with Gasteiger partial charge in [0.05, 0.1) is 24.8 Å². The van der Waals surface area contributed by atoms with Gasteiger partial charge in [0.15, 0.2) is 11.2 Å². The molecule has 32 heavy (non-hydrogen) atoms. The van der Waals surface area contributed by atoms with Crippen molar-refractivity contribution in [3.63, 3.8) is 0 Å². The maximum atomic E-state index is 12.8. The lowest BCUT2D eigenvalue weighted by atomic mass is 9.96. The maximum Gasteiger partial charge on any atom is 0.416 e. The number of carbonyl (C=O) groups is 1. The summed E-state index contributed by atoms with van der Waals surface area (Å²) in [5.41, 5.74) is -0.864. The normalized spacial score (nSPS) is 28.1. The molecular weight excluding hydrogens is 447 g/mol. The van der Waals surface area contributed by atoms with Crippen molar-refractivity contribution < 1.29 is 32.2 Å². The van der Waals surface area contributed by atoms with Crippen molar-refractivity contribution in [2.75, 3.05) is 18.5 Å². The molecule has 0 aromatic heterocycles. The molecule has 4 atom stereocenters. The highest BCUT2D eigenvalue weighted by molar-refractivity contribution is 7.80. The van der Waals surface area contributed by atoms with Gasteiger partial charge in [-0.3, -0.25) is 5.32 Å². The maximum absolute atomic E-state index is 12.8. The Morgan fingerprint density at radius 2 is 1.81 bits per heavy atom. The Labute approximate surface area is 189 Å². The SMILES string of the molecule is O=C(Nc1cccc(C(F)(F)F)c1)O[C@H]1CO[C@@H]2[C@@H]1OC[C@@H]2NC(=S)NC1CCCCC1. The Balaban J connectivity index is 1.26. The predicted molar refractivity (Wildman–Crippen MR) is 114 cm³/mol. The summed E-state index contributed by atoms with van der Waals surface area (Å²) in [7, 11) is 0. The van der Waals surface area contributed by atoms with Crippen molar-refractivity contribution in [2.45, 2.75) is 68.7 Å². The molecule has 3 fully saturated rings. The lowest BCUT2D eigenvalue weighted by molar-refractivity contribution is -0.137. The molecular formula is C21H26F3N3O4S. The minimum atomic E-state index is -4.50. The van der Waals surface area contributed by atoms with Crippen LogP contribution in [0.3, 0.4) is 0 Å². The summed E-state index contributed by atoms with van der Waals surface area (Å²) in [6.07, 6.45) is -1.000. The van der Waals surface area contributed by atoms with Crippen LogP contribution in [0.15, 0.2) is 24.3 Å². The number of nitrogens with one attached hydrogen (secondary N) is 3. The minimum absolute atomic E-state index is 0.00805. The number of anilines is 1. The summed E-state index contributed by atoms with van der Waals surface area (Å²) in [6.45, 7) is 0.475. The topological polar surface area (TPSA) is 80.9 Å². The third-order valence-corrected chi connectivity index (χ3v) is 6.20. The number of carbonyl (C=O) groups excluding carboxylic acids is 1. The standard InChI is InChI=1S/C21H26F3N3O4S/c22-21(23,24)12-5-4-8-14(9-12)26-20(28)31-16-11-30-17-15(10-29-18(16)17)27-19(32)25-13-6-2-1-3-7-13/h4-5,8-9,13,15-18H,1-3,6-7,10-11H2,(H,26,28)(H2,25,27,32)/t15-,16-,17-,18+/m0/s1. The monoisotopic (exact) mass is 473 g/mol. The quantitative estimate of drug-likeness (QED) is 0.577. The van der Waals surface area contributed by atoms with Crippen LogP contribution in [0, 0.1) is 0 Å². The van der Waals surface area contributed by atoms with E-state index in [-0.39, 0.29) is 24.4 Å². The third kappa shape index (κ3) is 5.62. The van der Waals surface area contributed by atoms with E-state index in [2.05, 4.69) is 16.0 Å². The molecule has 0 radical (unpaired) electrons. The second kappa shape index (κ2) is 9.80. The van der Waals surface area contributed by atoms with E-state index in [0.717, 1.165) is 25.0 Å². The van der Waals surface area contributed by atoms with Crippen LogP contribution in [0.4, 0.5) is 23.7 Å². The van der Waals surface area contributed by atoms with Crippen LogP contribution in [-0.4, -0.2) is 54.8 Å². The number of fused-ring (bicyclic) bond motifs is 1. The fraction of sp³-hybridized carbons (Fsp3) is 0.619. The molecule has 0 unspecified atom stereocenters. The van der Waals surface area contributed by atoms with E-state index in [9.17, 15) is 18.0 Å². The van der Waals surface area contributed by atoms with E-state index >= 15 is 0 Å². The van der Waals surface area contributed by atoms with Gasteiger partial charge in [0.2, 0.25) is 0 Å². The van der Waals surface area contributed by atoms with E-state index < -0.39 is 30.0 Å². The Morgan fingerprint density at radius 1 is 1.06 bits per heavy atom. The van der Waals surface area contributed by atoms with Crippen LogP contribution in [0.1, 0.15) is 37.7 Å². The lowest BCUT2D eigenvalue weighted by Crippen LogP contribution is -2.50. The van der Waals surface area contributed by atoms with E-state index in [0.29, 0.717) is 17.8 Å². The van der Waals surface area contributed by atoms with Gasteiger partial charge in [-0.1, -0.05) is 25.3 Å². The number of ether oxygens (including phenoxy) is 3. The summed E-state index contributed by atoms with van der Waals surface area (Å²) >= 11 is 5.43. The molecule has 3 aliphatic rings. The molecule has 3 N–H and O–H groups in total. The van der Waals surface area contributed by atoms with Crippen LogP contribution >= 0.6 is 12.2 Å². The first-order valence-corrected chi connectivity index (χ1v) is 11.2. The molecule has 1 aromatic rings. The molecule has 1 aromatic carbocycles. The number of thiocarbonyl (C=S) groups is 1. The number of benzene rings is 1. The third-order valence-electron chi connectivity index (χ3n) is 5.96. The van der Waals surface area contributed by atoms with Crippen molar-refractivity contribution in [2.24, 2.45) is 0 Å². The molecule has 4 rings (SSSR count). The minimum Gasteiger partial charge on any atom is -0.441 e. The molecule has 11 heteroatoms. The smallest absolute Gasteiger partial charge is 0.416 e. The molecule has 1 aliphatic carbocycles. The predicted octanol–water partition coefficient (Wildman–Crippen LogP) is 3.59. The summed E-state index contributed by atoms with van der Waals surface area (Å²) in [5, 5.41) is 9.47. The first-order valence-electron chi connectivity index (χ1n) is 10.7. The Morgan fingerprint density at radius 3 is 2.56 bits per heavy atom. The number of halogens is 3. The summed E-state index contributed by atoms with van der Waals surface area (Å²) < 4.78 is 55.5. The molecule has 2 aliphatic heterocycles. The van der Waals surface area contributed by atoms with Crippen LogP contribution in [0.25, 0.3) is 0 Å². The van der Waals surface area contributed by atoms with Gasteiger partial charge in [0.1, 0.15) is 12.2 Å². The summed E-state index contributed by atoms with van der Waals surface area (Å²) in [4.78, 5) is 12.2. The molecule has 2 saturated heterocycles. The first kappa shape index (κ1) is 23.1. The van der Waals surface area contributed by atoms with Crippen molar-refractivity contribution in [3.05, 3.63) is 29.8 Å². The van der Waals surface area contributed by atoms with E-state index in [1.807, 2.05) is 0 Å². The van der Waals surface area contributed by atoms with Crippen molar-refractivity contribution in [1.82, 2.24) is 10.6 Å². The van der Waals surface area contributed by atoms with Crippen molar-refractivity contribution >= 4 is 29.1 Å². The second-order valence-corrected chi connectivity index (χ2v) is 8.71. The Bertz CT molecular complexity index is 835. The number of amides is 1. The zero-order valence-corrected chi connectivity index (χ0v) is 18.1. The van der Waals surface area contributed by atoms with Gasteiger partial charge >= 0.3 is 12.3 Å². The van der Waals surface area contributed by atoms with E-state index in [4.69, 9.17) is 26.4 Å². The largest absolute Gasteiger partial charge is 0.441 e. The van der Waals surface area contributed by atoms with Crippen LogP contribution in [0.2, 0.25) is 0 Å². The van der Waals surface area contributed by atoms with Gasteiger partial charge in [0, 0.05) is 11.7 Å². The van der Waals surface area contributed by atoms with Gasteiger partial charge in [-0.25, -0.2) is 4.79 Å². The molecule has 7 nitrogen and oxygen atoms in total. The molecule has 1 saturated carbocycles. The Hall–Kier alpha value is -2.11. The molecule has 2 heterocycles. The zero-order valence-electron chi connectivity index (χ0n) is 17.3. The van der Waals surface area contributed by atoms with Gasteiger partial charge in [-0.2, -0.15) is 13.2 Å². The Kier molecular flexibility index (Phi) is 7.06. The fourth-order valence-electron chi connectivity index (χ4n) is 4.39. The highest BCUT2D eigenvalue weighted by atomic mass is 32.1. The molecule has 1 amide bonds. The molecule has 176 valence electrons. The van der Waals surface area contributed by atoms with Crippen molar-refractivity contribution in [1.29, 1.82) is 0 Å². The second-order valence-electron chi connectivity index (χ2n) is 8.30. The highest BCUT2D eigenvalue weighted by Gasteiger charge is 2.49. The summed E-state index contributed by atoms with van der Waals surface area (Å²) in [6, 6.07) is 4.55. The van der Waals surface area contributed by atoms with Crippen LogP contribution in [-0.2, 0) is 20.4 Å². The van der Waals surface area contributed by atoms with Crippen molar-refractivity contribution in [3.8, 4) is 0 Å². The highest BCUT2D eigenvalue weighted by Crippen LogP contribution is 2.31. The van der Waals surface area contributed by atoms with E-state index in [1.165, 1.54) is 31.4 Å². The number of alkyl halides is 3. The summed E-state index contributed by atoms with van der Waals surface area (Å²) in [5.74, 6) is 0.